The third-order valence-electron chi connectivity index (χ3n) is 3.15. The fraction of sp³-hybridized carbons (Fsp3) is 0.188. The number of hydrogen-bond acceptors (Lipinski definition) is 4. The third-order valence-corrected chi connectivity index (χ3v) is 5.07. The fourth-order valence-corrected chi connectivity index (χ4v) is 3.00. The third kappa shape index (κ3) is 5.05. The summed E-state index contributed by atoms with van der Waals surface area (Å²) >= 11 is 3.35. The highest BCUT2D eigenvalue weighted by atomic mass is 79.9. The van der Waals surface area contributed by atoms with Crippen molar-refractivity contribution in [2.45, 2.75) is 4.90 Å². The van der Waals surface area contributed by atoms with E-state index in [1.54, 1.807) is 0 Å². The molecule has 0 aliphatic rings. The maximum absolute atomic E-state index is 12.0. The topological polar surface area (TPSA) is 84.5 Å². The van der Waals surface area contributed by atoms with Crippen molar-refractivity contribution in [2.24, 2.45) is 0 Å². The molecule has 24 heavy (non-hydrogen) atoms. The van der Waals surface area contributed by atoms with Crippen molar-refractivity contribution in [2.75, 3.05) is 20.2 Å². The first-order valence-electron chi connectivity index (χ1n) is 7.12. The number of nitrogens with one attached hydrogen (secondary N) is 2. The molecule has 6 nitrogen and oxygen atoms in total. The monoisotopic (exact) mass is 412 g/mol. The Morgan fingerprint density at radius 2 is 1.88 bits per heavy atom. The van der Waals surface area contributed by atoms with Gasteiger partial charge in [-0.1, -0.05) is 22.0 Å². The average molecular weight is 413 g/mol. The second kappa shape index (κ2) is 8.27. The van der Waals surface area contributed by atoms with Crippen molar-refractivity contribution in [3.05, 3.63) is 58.6 Å². The summed E-state index contributed by atoms with van der Waals surface area (Å²) in [4.78, 5) is 12.1. The van der Waals surface area contributed by atoms with E-state index in [0.717, 1.165) is 4.47 Å². The molecule has 0 saturated heterocycles. The van der Waals surface area contributed by atoms with Crippen LogP contribution in [-0.2, 0) is 10.0 Å². The maximum atomic E-state index is 12.0. The van der Waals surface area contributed by atoms with Crippen LogP contribution in [0.4, 0.5) is 0 Å². The lowest BCUT2D eigenvalue weighted by atomic mass is 10.2. The highest BCUT2D eigenvalue weighted by molar-refractivity contribution is 9.10. The largest absolute Gasteiger partial charge is 0.492 e. The number of amides is 1. The molecule has 1 amide bonds. The number of carbonyl (C=O) groups excluding carboxylic acids is 1. The van der Waals surface area contributed by atoms with E-state index in [0.29, 0.717) is 24.5 Å². The first kappa shape index (κ1) is 18.4. The molecule has 0 spiro atoms. The first-order valence-corrected chi connectivity index (χ1v) is 9.40. The van der Waals surface area contributed by atoms with Crippen molar-refractivity contribution < 1.29 is 17.9 Å². The van der Waals surface area contributed by atoms with E-state index in [2.05, 4.69) is 26.0 Å². The first-order chi connectivity index (χ1) is 11.4. The number of carbonyl (C=O) groups is 1. The molecule has 2 rings (SSSR count). The molecule has 0 saturated carbocycles. The molecule has 0 unspecified atom stereocenters. The Morgan fingerprint density at radius 1 is 1.17 bits per heavy atom. The molecule has 0 aliphatic carbocycles. The van der Waals surface area contributed by atoms with Crippen molar-refractivity contribution >= 4 is 31.9 Å². The summed E-state index contributed by atoms with van der Waals surface area (Å²) in [5, 5.41) is 2.72. The lowest BCUT2D eigenvalue weighted by molar-refractivity contribution is 0.0947. The van der Waals surface area contributed by atoms with Crippen LogP contribution in [0, 0.1) is 0 Å². The van der Waals surface area contributed by atoms with Crippen LogP contribution in [-0.4, -0.2) is 34.5 Å². The normalized spacial score (nSPS) is 11.1. The Kier molecular flexibility index (Phi) is 6.36. The van der Waals surface area contributed by atoms with Gasteiger partial charge in [-0.25, -0.2) is 13.1 Å². The summed E-state index contributed by atoms with van der Waals surface area (Å²) in [6, 6.07) is 13.1. The Labute approximate surface area is 149 Å². The molecule has 0 aromatic heterocycles. The zero-order chi connectivity index (χ0) is 17.6. The summed E-state index contributed by atoms with van der Waals surface area (Å²) in [6.45, 7) is 0.663. The summed E-state index contributed by atoms with van der Waals surface area (Å²) in [5.74, 6) is 0.418. The van der Waals surface area contributed by atoms with Crippen LogP contribution in [0.2, 0.25) is 0 Å². The van der Waals surface area contributed by atoms with Gasteiger partial charge in [-0.2, -0.15) is 0 Å². The zero-order valence-electron chi connectivity index (χ0n) is 13.0. The Bertz CT molecular complexity index is 807. The van der Waals surface area contributed by atoms with Crippen molar-refractivity contribution in [3.63, 3.8) is 0 Å². The van der Waals surface area contributed by atoms with E-state index < -0.39 is 10.0 Å². The van der Waals surface area contributed by atoms with Crippen LogP contribution < -0.4 is 14.8 Å². The van der Waals surface area contributed by atoms with Gasteiger partial charge < -0.3 is 10.1 Å². The minimum Gasteiger partial charge on any atom is -0.492 e. The molecule has 0 fully saturated rings. The summed E-state index contributed by atoms with van der Waals surface area (Å²) < 4.78 is 31.9. The van der Waals surface area contributed by atoms with E-state index in [9.17, 15) is 13.2 Å². The van der Waals surface area contributed by atoms with Gasteiger partial charge in [0.25, 0.3) is 5.91 Å². The summed E-state index contributed by atoms with van der Waals surface area (Å²) in [6.07, 6.45) is 0. The minimum atomic E-state index is -3.50. The lowest BCUT2D eigenvalue weighted by Crippen LogP contribution is -2.28. The number of rotatable bonds is 7. The molecule has 2 aromatic rings. The van der Waals surface area contributed by atoms with Gasteiger partial charge in [-0.15, -0.1) is 0 Å². The molecular formula is C16H17BrN2O4S. The zero-order valence-corrected chi connectivity index (χ0v) is 15.4. The number of benzene rings is 2. The van der Waals surface area contributed by atoms with Gasteiger partial charge in [0.05, 0.1) is 11.4 Å². The van der Waals surface area contributed by atoms with Gasteiger partial charge in [0, 0.05) is 10.0 Å². The lowest BCUT2D eigenvalue weighted by Gasteiger charge is -2.08. The predicted molar refractivity (Wildman–Crippen MR) is 94.7 cm³/mol. The number of hydrogen-bond donors (Lipinski definition) is 2. The highest BCUT2D eigenvalue weighted by Gasteiger charge is 2.12. The van der Waals surface area contributed by atoms with E-state index in [-0.39, 0.29) is 10.8 Å². The van der Waals surface area contributed by atoms with Crippen molar-refractivity contribution in [1.29, 1.82) is 0 Å². The molecule has 0 atom stereocenters. The standard InChI is InChI=1S/C16H17BrN2O4S/c1-18-24(21,22)15-7-5-12(6-8-15)16(20)19-9-10-23-14-4-2-3-13(17)11-14/h2-8,11,18H,9-10H2,1H3,(H,19,20). The highest BCUT2D eigenvalue weighted by Crippen LogP contribution is 2.17. The van der Waals surface area contributed by atoms with Gasteiger partial charge in [0.1, 0.15) is 12.4 Å². The van der Waals surface area contributed by atoms with Crippen LogP contribution in [0.3, 0.4) is 0 Å². The molecule has 0 bridgehead atoms. The van der Waals surface area contributed by atoms with Gasteiger partial charge >= 0.3 is 0 Å². The molecule has 0 heterocycles. The predicted octanol–water partition coefficient (Wildman–Crippen LogP) is 2.17. The SMILES string of the molecule is CNS(=O)(=O)c1ccc(C(=O)NCCOc2cccc(Br)c2)cc1. The number of halogens is 1. The van der Waals surface area contributed by atoms with Crippen LogP contribution in [0.15, 0.2) is 57.9 Å². The van der Waals surface area contributed by atoms with Crippen LogP contribution >= 0.6 is 15.9 Å². The summed E-state index contributed by atoms with van der Waals surface area (Å²) in [5.41, 5.74) is 0.382. The maximum Gasteiger partial charge on any atom is 0.251 e. The van der Waals surface area contributed by atoms with Gasteiger partial charge in [0.2, 0.25) is 10.0 Å². The van der Waals surface area contributed by atoms with Crippen LogP contribution in [0.5, 0.6) is 5.75 Å². The Morgan fingerprint density at radius 3 is 2.50 bits per heavy atom. The van der Waals surface area contributed by atoms with E-state index >= 15 is 0 Å². The number of ether oxygens (including phenoxy) is 1. The van der Waals surface area contributed by atoms with E-state index in [1.165, 1.54) is 31.3 Å². The quantitative estimate of drug-likeness (QED) is 0.682. The number of sulfonamides is 1. The molecule has 8 heteroatoms. The smallest absolute Gasteiger partial charge is 0.251 e. The van der Waals surface area contributed by atoms with Crippen molar-refractivity contribution in [3.8, 4) is 5.75 Å². The van der Waals surface area contributed by atoms with E-state index in [1.807, 2.05) is 24.3 Å². The second-order valence-corrected chi connectivity index (χ2v) is 7.60. The second-order valence-electron chi connectivity index (χ2n) is 4.79. The molecule has 0 aliphatic heterocycles. The van der Waals surface area contributed by atoms with Gasteiger partial charge in [-0.05, 0) is 49.5 Å². The van der Waals surface area contributed by atoms with Gasteiger partial charge in [0.15, 0.2) is 0 Å². The molecule has 2 N–H and O–H groups in total. The minimum absolute atomic E-state index is 0.111. The summed E-state index contributed by atoms with van der Waals surface area (Å²) in [7, 11) is -2.17. The Balaban J connectivity index is 1.84. The van der Waals surface area contributed by atoms with Crippen LogP contribution in [0.1, 0.15) is 10.4 Å². The van der Waals surface area contributed by atoms with Crippen molar-refractivity contribution in [1.82, 2.24) is 10.0 Å². The molecular weight excluding hydrogens is 396 g/mol. The van der Waals surface area contributed by atoms with Crippen LogP contribution in [0.25, 0.3) is 0 Å². The average Bonchev–Trinajstić information content (AvgIpc) is 2.58. The fourth-order valence-electron chi connectivity index (χ4n) is 1.90. The Hall–Kier alpha value is -1.90. The molecule has 128 valence electrons. The molecule has 2 aromatic carbocycles. The molecule has 0 radical (unpaired) electrons. The van der Waals surface area contributed by atoms with E-state index in [4.69, 9.17) is 4.74 Å². The van der Waals surface area contributed by atoms with Gasteiger partial charge in [-0.3, -0.25) is 4.79 Å².